The van der Waals surface area contributed by atoms with E-state index in [9.17, 15) is 0 Å². The van der Waals surface area contributed by atoms with Crippen molar-refractivity contribution in [1.82, 2.24) is 0 Å². The molecule has 0 unspecified atom stereocenters. The first kappa shape index (κ1) is 12.3. The summed E-state index contributed by atoms with van der Waals surface area (Å²) < 4.78 is 39.6. The molecule has 0 N–H and O–H groups in total. The Hall–Kier alpha value is 1.64. The first-order chi connectivity index (χ1) is 3.13. The molecule has 0 fully saturated rings. The van der Waals surface area contributed by atoms with E-state index in [-0.39, 0.29) is 37.7 Å². The second kappa shape index (κ2) is 6.76. The minimum atomic E-state index is -2.68. The van der Waals surface area contributed by atoms with Crippen molar-refractivity contribution in [2.75, 3.05) is 0 Å². The Labute approximate surface area is 81.0 Å². The third-order valence-corrected chi connectivity index (χ3v) is 0.857. The van der Waals surface area contributed by atoms with Gasteiger partial charge in [0.05, 0.1) is 0 Å². The molecule has 5 nitrogen and oxygen atoms in total. The molecule has 0 aliphatic rings. The van der Waals surface area contributed by atoms with Gasteiger partial charge in [-0.05, 0) is 0 Å². The molecule has 0 bridgehead atoms. The van der Waals surface area contributed by atoms with E-state index in [2.05, 4.69) is 3.84 Å². The van der Waals surface area contributed by atoms with Gasteiger partial charge in [-0.15, -0.1) is 0 Å². The van der Waals surface area contributed by atoms with Crippen LogP contribution in [0.3, 0.4) is 0 Å². The fraction of sp³-hybridized carbons (Fsp3) is 0. The third kappa shape index (κ3) is 10.6. The van der Waals surface area contributed by atoms with E-state index in [1.54, 1.807) is 0 Å². The first-order valence-electron chi connectivity index (χ1n) is 0.926. The molecular formula is CaCl2O5. The first-order valence-corrected chi connectivity index (χ1v) is 2.78. The minimum Gasteiger partial charge on any atom is -0.311 e. The van der Waals surface area contributed by atoms with Crippen molar-refractivity contribution in [3.05, 3.63) is 0 Å². The van der Waals surface area contributed by atoms with Gasteiger partial charge in [-0.3, -0.25) is 0 Å². The standard InChI is InChI=1S/Ca.Cl2O5/c;3-1(4)7-2(5)6. The van der Waals surface area contributed by atoms with E-state index in [0.717, 1.165) is 0 Å². The van der Waals surface area contributed by atoms with Gasteiger partial charge in [-0.25, -0.2) is 0 Å². The molecule has 0 aromatic carbocycles. The average Bonchev–Trinajstić information content (AvgIpc) is 1.27. The number of hydrogen-bond donors (Lipinski definition) is 0. The van der Waals surface area contributed by atoms with Crippen LogP contribution in [0, 0.1) is 21.6 Å². The maximum absolute atomic E-state index is 9.15. The van der Waals surface area contributed by atoms with Gasteiger partial charge in [0.2, 0.25) is 0 Å². The van der Waals surface area contributed by atoms with E-state index in [1.807, 2.05) is 0 Å². The molecule has 8 heavy (non-hydrogen) atoms. The molecule has 0 aliphatic heterocycles. The van der Waals surface area contributed by atoms with Crippen LogP contribution in [-0.2, 0) is 3.84 Å². The van der Waals surface area contributed by atoms with Crippen LogP contribution in [0.15, 0.2) is 0 Å². The molecule has 0 heterocycles. The molecule has 0 saturated carbocycles. The van der Waals surface area contributed by atoms with E-state index < -0.39 is 21.6 Å². The average molecular weight is 191 g/mol. The summed E-state index contributed by atoms with van der Waals surface area (Å²) in [5.74, 6) is 0. The van der Waals surface area contributed by atoms with E-state index in [1.165, 1.54) is 0 Å². The molecule has 0 amide bonds. The predicted octanol–water partition coefficient (Wildman–Crippen LogP) is -5.21. The number of halogens is 2. The van der Waals surface area contributed by atoms with Crippen molar-refractivity contribution in [3.63, 3.8) is 0 Å². The molecular weight excluding hydrogens is 191 g/mol. The molecule has 2 radical (unpaired) electrons. The zero-order chi connectivity index (χ0) is 5.86. The van der Waals surface area contributed by atoms with Crippen molar-refractivity contribution in [2.45, 2.75) is 0 Å². The molecule has 46 valence electrons. The van der Waals surface area contributed by atoms with Crippen LogP contribution in [0.5, 0.6) is 0 Å². The van der Waals surface area contributed by atoms with Crippen molar-refractivity contribution in [1.29, 1.82) is 0 Å². The van der Waals surface area contributed by atoms with Gasteiger partial charge in [0.1, 0.15) is 0 Å². The SMILES string of the molecule is [Ca].[O-][Cl+2]([O-])O[Cl+2]([O-])[O-]. The van der Waals surface area contributed by atoms with Gasteiger partial charge in [-0.2, -0.15) is 0 Å². The summed E-state index contributed by atoms with van der Waals surface area (Å²) in [6.07, 6.45) is 0. The van der Waals surface area contributed by atoms with Gasteiger partial charge in [0, 0.05) is 37.7 Å². The van der Waals surface area contributed by atoms with Crippen LogP contribution in [0.4, 0.5) is 0 Å². The second-order valence-electron chi connectivity index (χ2n) is 0.436. The quantitative estimate of drug-likeness (QED) is 0.406. The molecule has 0 aromatic rings. The molecule has 0 aliphatic carbocycles. The van der Waals surface area contributed by atoms with E-state index >= 15 is 0 Å². The Bertz CT molecular complexity index is 39.7. The largest absolute Gasteiger partial charge is 0.424 e. The van der Waals surface area contributed by atoms with Gasteiger partial charge >= 0.3 is 25.4 Å². The molecule has 8 heteroatoms. The van der Waals surface area contributed by atoms with Crippen molar-refractivity contribution < 1.29 is 44.0 Å². The Morgan fingerprint density at radius 1 is 0.875 bits per heavy atom. The maximum Gasteiger partial charge on any atom is 0.424 e. The summed E-state index contributed by atoms with van der Waals surface area (Å²) in [4.78, 5) is 0. The van der Waals surface area contributed by atoms with E-state index in [4.69, 9.17) is 18.6 Å². The summed E-state index contributed by atoms with van der Waals surface area (Å²) in [5.41, 5.74) is 0. The molecule has 0 aromatic heterocycles. The Balaban J connectivity index is 0. The summed E-state index contributed by atoms with van der Waals surface area (Å²) in [6.45, 7) is 0. The van der Waals surface area contributed by atoms with Gasteiger partial charge in [0.15, 0.2) is 0 Å². The van der Waals surface area contributed by atoms with Gasteiger partial charge in [0.25, 0.3) is 0 Å². The van der Waals surface area contributed by atoms with Crippen LogP contribution in [-0.4, -0.2) is 37.7 Å². The predicted molar refractivity (Wildman–Crippen MR) is 6.84 cm³/mol. The summed E-state index contributed by atoms with van der Waals surface area (Å²) in [7, 11) is -5.36. The fourth-order valence-corrected chi connectivity index (χ4v) is 0.350. The maximum atomic E-state index is 9.15. The normalized spacial score (nSPS) is 9.75. The number of hydrogen-bond acceptors (Lipinski definition) is 5. The monoisotopic (exact) mass is 190 g/mol. The summed E-state index contributed by atoms with van der Waals surface area (Å²) in [5, 5.41) is 0. The van der Waals surface area contributed by atoms with Crippen LogP contribution in [0.2, 0.25) is 0 Å². The fourth-order valence-electron chi connectivity index (χ4n) is 0.0389. The van der Waals surface area contributed by atoms with Gasteiger partial charge in [-0.1, -0.05) is 0 Å². The molecule has 0 atom stereocenters. The zero-order valence-corrected chi connectivity index (χ0v) is 7.22. The summed E-state index contributed by atoms with van der Waals surface area (Å²) >= 11 is 0. The van der Waals surface area contributed by atoms with Crippen LogP contribution >= 0.6 is 0 Å². The zero-order valence-electron chi connectivity index (χ0n) is 3.50. The summed E-state index contributed by atoms with van der Waals surface area (Å²) in [6, 6.07) is 0. The number of rotatable bonds is 2. The molecule has 0 rings (SSSR count). The Morgan fingerprint density at radius 3 is 1.12 bits per heavy atom. The third-order valence-electron chi connectivity index (χ3n) is 0.0952. The van der Waals surface area contributed by atoms with Crippen LogP contribution in [0.1, 0.15) is 0 Å². The van der Waals surface area contributed by atoms with E-state index in [0.29, 0.717) is 0 Å². The molecule has 0 saturated heterocycles. The van der Waals surface area contributed by atoms with Gasteiger partial charge < -0.3 is 18.6 Å². The Morgan fingerprint density at radius 2 is 1.12 bits per heavy atom. The van der Waals surface area contributed by atoms with Crippen LogP contribution in [0.25, 0.3) is 0 Å². The second-order valence-corrected chi connectivity index (χ2v) is 1.66. The molecule has 0 spiro atoms. The van der Waals surface area contributed by atoms with Crippen LogP contribution < -0.4 is 18.6 Å². The van der Waals surface area contributed by atoms with Crippen molar-refractivity contribution >= 4 is 37.7 Å². The smallest absolute Gasteiger partial charge is 0.311 e. The Kier molecular flexibility index (Phi) is 10.4. The van der Waals surface area contributed by atoms with Crippen molar-refractivity contribution in [3.8, 4) is 0 Å². The topological polar surface area (TPSA) is 101 Å². The minimum absolute atomic E-state index is 0. The van der Waals surface area contributed by atoms with Crippen molar-refractivity contribution in [2.24, 2.45) is 0 Å².